The molecule has 0 bridgehead atoms. The lowest BCUT2D eigenvalue weighted by atomic mass is 10.0. The first-order valence-electron chi connectivity index (χ1n) is 7.66. The first kappa shape index (κ1) is 17.6. The second-order valence-electron chi connectivity index (χ2n) is 7.06. The Balaban J connectivity index is 1.96. The van der Waals surface area contributed by atoms with Gasteiger partial charge in [0.2, 0.25) is 5.79 Å². The second kappa shape index (κ2) is 6.37. The van der Waals surface area contributed by atoms with Gasteiger partial charge in [0.15, 0.2) is 0 Å². The van der Waals surface area contributed by atoms with Gasteiger partial charge in [-0.15, -0.1) is 0 Å². The Bertz CT molecular complexity index is 577. The number of hydrogen-bond acceptors (Lipinski definition) is 5. The predicted octanol–water partition coefficient (Wildman–Crippen LogP) is 2.89. The highest BCUT2D eigenvalue weighted by atomic mass is 16.7. The number of benzene rings is 1. The fraction of sp³-hybridized carbons (Fsp3) is 0.588. The van der Waals surface area contributed by atoms with Crippen LogP contribution in [0.1, 0.15) is 51.8 Å². The van der Waals surface area contributed by atoms with Gasteiger partial charge in [-0.25, -0.2) is 4.79 Å². The van der Waals surface area contributed by atoms with Crippen molar-refractivity contribution in [3.05, 3.63) is 29.3 Å². The van der Waals surface area contributed by atoms with Gasteiger partial charge in [-0.1, -0.05) is 6.07 Å². The molecule has 128 valence electrons. The summed E-state index contributed by atoms with van der Waals surface area (Å²) in [6.07, 6.45) is -1.38. The van der Waals surface area contributed by atoms with Gasteiger partial charge in [-0.3, -0.25) is 0 Å². The Morgan fingerprint density at radius 1 is 1.43 bits per heavy atom. The van der Waals surface area contributed by atoms with E-state index in [2.05, 4.69) is 5.32 Å². The minimum absolute atomic E-state index is 0.0703. The zero-order valence-electron chi connectivity index (χ0n) is 14.3. The smallest absolute Gasteiger partial charge is 0.407 e. The van der Waals surface area contributed by atoms with Crippen molar-refractivity contribution in [2.45, 2.75) is 58.7 Å². The average Bonchev–Trinajstić information content (AvgIpc) is 2.41. The first-order chi connectivity index (χ1) is 10.6. The standard InChI is InChI=1S/C17H25NO5/c1-16(2,3)23-15(20)18-9-13(19)11-6-7-14-12(8-11)10-21-17(4,5)22-14/h6-8,13,19H,9-10H2,1-5H3,(H,18,20). The van der Waals surface area contributed by atoms with E-state index in [0.717, 1.165) is 11.3 Å². The average molecular weight is 323 g/mol. The summed E-state index contributed by atoms with van der Waals surface area (Å²) in [5.41, 5.74) is 0.993. The largest absolute Gasteiger partial charge is 0.463 e. The summed E-state index contributed by atoms with van der Waals surface area (Å²) in [5.74, 6) is 0.100. The third-order valence-corrected chi connectivity index (χ3v) is 3.24. The topological polar surface area (TPSA) is 77.0 Å². The van der Waals surface area contributed by atoms with Crippen molar-refractivity contribution in [2.75, 3.05) is 6.54 Å². The highest BCUT2D eigenvalue weighted by Crippen LogP contribution is 2.32. The molecule has 6 heteroatoms. The molecule has 0 fully saturated rings. The molecular formula is C17H25NO5. The minimum Gasteiger partial charge on any atom is -0.463 e. The molecule has 0 radical (unpaired) electrons. The lowest BCUT2D eigenvalue weighted by Gasteiger charge is -2.33. The molecule has 0 saturated carbocycles. The summed E-state index contributed by atoms with van der Waals surface area (Å²) < 4.78 is 16.4. The third kappa shape index (κ3) is 5.11. The van der Waals surface area contributed by atoms with E-state index >= 15 is 0 Å². The molecule has 6 nitrogen and oxygen atoms in total. The van der Waals surface area contributed by atoms with Crippen LogP contribution in [0, 0.1) is 0 Å². The molecule has 1 amide bonds. The minimum atomic E-state index is -0.831. The number of rotatable bonds is 3. The van der Waals surface area contributed by atoms with E-state index < -0.39 is 23.6 Å². The summed E-state index contributed by atoms with van der Waals surface area (Å²) in [7, 11) is 0. The van der Waals surface area contributed by atoms with E-state index in [1.165, 1.54) is 0 Å². The zero-order valence-corrected chi connectivity index (χ0v) is 14.3. The molecule has 0 aliphatic carbocycles. The number of carbonyl (C=O) groups is 1. The summed E-state index contributed by atoms with van der Waals surface area (Å²) in [4.78, 5) is 11.6. The van der Waals surface area contributed by atoms with E-state index in [9.17, 15) is 9.90 Å². The van der Waals surface area contributed by atoms with Crippen LogP contribution in [0.2, 0.25) is 0 Å². The maximum absolute atomic E-state index is 11.6. The molecule has 1 aromatic rings. The molecule has 1 aliphatic rings. The van der Waals surface area contributed by atoms with Crippen molar-refractivity contribution < 1.29 is 24.1 Å². The fourth-order valence-electron chi connectivity index (χ4n) is 2.18. The van der Waals surface area contributed by atoms with Gasteiger partial charge in [0, 0.05) is 19.4 Å². The van der Waals surface area contributed by atoms with Crippen molar-refractivity contribution in [2.24, 2.45) is 0 Å². The Labute approximate surface area is 136 Å². The molecule has 1 heterocycles. The van der Waals surface area contributed by atoms with Gasteiger partial charge in [0.05, 0.1) is 19.3 Å². The lowest BCUT2D eigenvalue weighted by molar-refractivity contribution is -0.180. The van der Waals surface area contributed by atoms with Crippen LogP contribution >= 0.6 is 0 Å². The molecule has 1 aromatic carbocycles. The summed E-state index contributed by atoms with van der Waals surface area (Å²) in [5, 5.41) is 12.8. The number of carbonyl (C=O) groups excluding carboxylic acids is 1. The molecule has 1 aliphatic heterocycles. The van der Waals surface area contributed by atoms with E-state index in [4.69, 9.17) is 14.2 Å². The second-order valence-corrected chi connectivity index (χ2v) is 7.06. The third-order valence-electron chi connectivity index (χ3n) is 3.24. The zero-order chi connectivity index (χ0) is 17.3. The molecule has 0 spiro atoms. The summed E-state index contributed by atoms with van der Waals surface area (Å²) in [6.45, 7) is 9.55. The van der Waals surface area contributed by atoms with Crippen LogP contribution in [-0.4, -0.2) is 29.1 Å². The van der Waals surface area contributed by atoms with Gasteiger partial charge in [-0.05, 0) is 38.5 Å². The van der Waals surface area contributed by atoms with Gasteiger partial charge < -0.3 is 24.6 Å². The first-order valence-corrected chi connectivity index (χ1v) is 7.66. The van der Waals surface area contributed by atoms with E-state index in [1.54, 1.807) is 26.8 Å². The summed E-state index contributed by atoms with van der Waals surface area (Å²) in [6, 6.07) is 5.42. The Kier molecular flexibility index (Phi) is 4.87. The molecule has 1 unspecified atom stereocenters. The van der Waals surface area contributed by atoms with Gasteiger partial charge >= 0.3 is 6.09 Å². The van der Waals surface area contributed by atoms with Gasteiger partial charge in [0.1, 0.15) is 11.4 Å². The van der Waals surface area contributed by atoms with Gasteiger partial charge in [-0.2, -0.15) is 0 Å². The SMILES string of the molecule is CC(C)(C)OC(=O)NCC(O)c1ccc2c(c1)COC(C)(C)O2. The van der Waals surface area contributed by atoms with E-state index in [1.807, 2.05) is 26.0 Å². The molecule has 0 saturated heterocycles. The number of amides is 1. The highest BCUT2D eigenvalue weighted by Gasteiger charge is 2.27. The van der Waals surface area contributed by atoms with Crippen molar-refractivity contribution in [1.82, 2.24) is 5.32 Å². The maximum Gasteiger partial charge on any atom is 0.407 e. The number of aliphatic hydroxyl groups excluding tert-OH is 1. The molecular weight excluding hydrogens is 298 g/mol. The predicted molar refractivity (Wildman–Crippen MR) is 85.1 cm³/mol. The van der Waals surface area contributed by atoms with Crippen molar-refractivity contribution in [3.63, 3.8) is 0 Å². The van der Waals surface area contributed by atoms with Crippen LogP contribution < -0.4 is 10.1 Å². The lowest BCUT2D eigenvalue weighted by Crippen LogP contribution is -2.36. The molecule has 2 rings (SSSR count). The molecule has 23 heavy (non-hydrogen) atoms. The van der Waals surface area contributed by atoms with Gasteiger partial charge in [0.25, 0.3) is 0 Å². The number of alkyl carbamates (subject to hydrolysis) is 1. The van der Waals surface area contributed by atoms with Crippen LogP contribution in [0.4, 0.5) is 4.79 Å². The normalized spacial score (nSPS) is 17.7. The Hall–Kier alpha value is -1.79. The molecule has 1 atom stereocenters. The van der Waals surface area contributed by atoms with E-state index in [-0.39, 0.29) is 6.54 Å². The quantitative estimate of drug-likeness (QED) is 0.894. The number of aliphatic hydroxyl groups is 1. The van der Waals surface area contributed by atoms with Crippen LogP contribution in [0.15, 0.2) is 18.2 Å². The van der Waals surface area contributed by atoms with Crippen LogP contribution in [0.25, 0.3) is 0 Å². The Morgan fingerprint density at radius 2 is 2.13 bits per heavy atom. The molecule has 2 N–H and O–H groups in total. The number of hydrogen-bond donors (Lipinski definition) is 2. The van der Waals surface area contributed by atoms with Crippen LogP contribution in [-0.2, 0) is 16.1 Å². The summed E-state index contributed by atoms with van der Waals surface area (Å²) >= 11 is 0. The van der Waals surface area contributed by atoms with Crippen molar-refractivity contribution >= 4 is 6.09 Å². The maximum atomic E-state index is 11.6. The van der Waals surface area contributed by atoms with Crippen LogP contribution in [0.3, 0.4) is 0 Å². The number of ether oxygens (including phenoxy) is 3. The fourth-order valence-corrected chi connectivity index (χ4v) is 2.18. The van der Waals surface area contributed by atoms with E-state index in [0.29, 0.717) is 12.2 Å². The molecule has 0 aromatic heterocycles. The van der Waals surface area contributed by atoms with Crippen LogP contribution in [0.5, 0.6) is 5.75 Å². The Morgan fingerprint density at radius 3 is 2.78 bits per heavy atom. The number of nitrogens with one attached hydrogen (secondary N) is 1. The highest BCUT2D eigenvalue weighted by molar-refractivity contribution is 5.67. The van der Waals surface area contributed by atoms with Crippen molar-refractivity contribution in [1.29, 1.82) is 0 Å². The number of fused-ring (bicyclic) bond motifs is 1. The monoisotopic (exact) mass is 323 g/mol. The van der Waals surface area contributed by atoms with Crippen molar-refractivity contribution in [3.8, 4) is 5.75 Å².